The molecule has 0 fully saturated rings. The van der Waals surface area contributed by atoms with Gasteiger partial charge in [-0.1, -0.05) is 19.1 Å². The van der Waals surface area contributed by atoms with E-state index in [4.69, 9.17) is 4.74 Å². The van der Waals surface area contributed by atoms with Gasteiger partial charge in [0.25, 0.3) is 0 Å². The monoisotopic (exact) mass is 192 g/mol. The number of allylic oxidation sites excluding steroid dienone is 2. The number of ether oxygens (including phenoxy) is 1. The van der Waals surface area contributed by atoms with E-state index in [0.717, 1.165) is 12.0 Å². The highest BCUT2D eigenvalue weighted by Gasteiger charge is 2.04. The minimum absolute atomic E-state index is 0.192. The molecule has 1 rings (SSSR count). The van der Waals surface area contributed by atoms with Crippen LogP contribution in [0, 0.1) is 0 Å². The van der Waals surface area contributed by atoms with Crippen LogP contribution >= 0.6 is 0 Å². The van der Waals surface area contributed by atoms with E-state index in [2.05, 4.69) is 13.0 Å². The van der Waals surface area contributed by atoms with Crippen LogP contribution in [0.3, 0.4) is 0 Å². The zero-order chi connectivity index (χ0) is 10.6. The number of phenolic OH excluding ortho intramolecular Hbond substituents is 1. The molecule has 0 spiro atoms. The molecule has 0 heterocycles. The zero-order valence-corrected chi connectivity index (χ0v) is 8.87. The van der Waals surface area contributed by atoms with Gasteiger partial charge in [0.05, 0.1) is 7.11 Å². The van der Waals surface area contributed by atoms with Crippen LogP contribution in [-0.2, 0) is 0 Å². The summed E-state index contributed by atoms with van der Waals surface area (Å²) in [7, 11) is 1.55. The van der Waals surface area contributed by atoms with Crippen LogP contribution in [0.1, 0.15) is 25.8 Å². The summed E-state index contributed by atoms with van der Waals surface area (Å²) in [4.78, 5) is 0. The second-order valence-corrected chi connectivity index (χ2v) is 3.05. The van der Waals surface area contributed by atoms with Gasteiger partial charge in [0.15, 0.2) is 11.5 Å². The maximum Gasteiger partial charge on any atom is 0.160 e. The molecule has 0 aromatic heterocycles. The van der Waals surface area contributed by atoms with E-state index < -0.39 is 0 Å². The third-order valence-corrected chi connectivity index (χ3v) is 2.28. The molecule has 0 saturated heterocycles. The van der Waals surface area contributed by atoms with E-state index in [1.54, 1.807) is 19.2 Å². The minimum Gasteiger partial charge on any atom is -0.504 e. The molecule has 14 heavy (non-hydrogen) atoms. The van der Waals surface area contributed by atoms with Crippen molar-refractivity contribution in [2.75, 3.05) is 7.11 Å². The Kier molecular flexibility index (Phi) is 3.57. The Bertz CT molecular complexity index is 340. The maximum absolute atomic E-state index is 9.58. The molecular formula is C12H16O2. The van der Waals surface area contributed by atoms with Crippen LogP contribution in [-0.4, -0.2) is 12.2 Å². The molecule has 0 aliphatic heterocycles. The SMILES string of the molecule is C/C=C(/CC)c1ccc(OC)c(O)c1. The minimum atomic E-state index is 0.192. The summed E-state index contributed by atoms with van der Waals surface area (Å²) in [5.74, 6) is 0.707. The van der Waals surface area contributed by atoms with Crippen molar-refractivity contribution >= 4 is 5.57 Å². The average molecular weight is 192 g/mol. The normalized spacial score (nSPS) is 11.5. The smallest absolute Gasteiger partial charge is 0.160 e. The fraction of sp³-hybridized carbons (Fsp3) is 0.333. The van der Waals surface area contributed by atoms with Gasteiger partial charge < -0.3 is 9.84 Å². The lowest BCUT2D eigenvalue weighted by Crippen LogP contribution is -1.86. The first-order valence-electron chi connectivity index (χ1n) is 4.75. The zero-order valence-electron chi connectivity index (χ0n) is 8.87. The molecule has 2 nitrogen and oxygen atoms in total. The number of rotatable bonds is 3. The molecule has 2 heteroatoms. The Balaban J connectivity index is 3.08. The van der Waals surface area contributed by atoms with Gasteiger partial charge in [-0.05, 0) is 36.6 Å². The molecule has 0 aliphatic rings. The summed E-state index contributed by atoms with van der Waals surface area (Å²) in [6, 6.07) is 5.47. The van der Waals surface area contributed by atoms with Gasteiger partial charge in [-0.2, -0.15) is 0 Å². The van der Waals surface area contributed by atoms with E-state index >= 15 is 0 Å². The predicted molar refractivity (Wildman–Crippen MR) is 58.6 cm³/mol. The molecule has 0 bridgehead atoms. The van der Waals surface area contributed by atoms with Crippen molar-refractivity contribution in [3.63, 3.8) is 0 Å². The lowest BCUT2D eigenvalue weighted by molar-refractivity contribution is 0.373. The van der Waals surface area contributed by atoms with Crippen LogP contribution in [0.15, 0.2) is 24.3 Å². The van der Waals surface area contributed by atoms with Crippen molar-refractivity contribution in [1.29, 1.82) is 0 Å². The number of methoxy groups -OCH3 is 1. The maximum atomic E-state index is 9.58. The number of hydrogen-bond donors (Lipinski definition) is 1. The quantitative estimate of drug-likeness (QED) is 0.796. The largest absolute Gasteiger partial charge is 0.504 e. The number of benzene rings is 1. The van der Waals surface area contributed by atoms with Gasteiger partial charge in [0.2, 0.25) is 0 Å². The Labute approximate surface area is 84.8 Å². The van der Waals surface area contributed by atoms with Gasteiger partial charge in [0.1, 0.15) is 0 Å². The first-order chi connectivity index (χ1) is 6.72. The summed E-state index contributed by atoms with van der Waals surface area (Å²) in [6.07, 6.45) is 3.02. The van der Waals surface area contributed by atoms with E-state index in [-0.39, 0.29) is 5.75 Å². The van der Waals surface area contributed by atoms with E-state index in [9.17, 15) is 5.11 Å². The summed E-state index contributed by atoms with van der Waals surface area (Å²) in [6.45, 7) is 4.09. The number of hydrogen-bond acceptors (Lipinski definition) is 2. The molecule has 1 aromatic rings. The third kappa shape index (κ3) is 2.08. The van der Waals surface area contributed by atoms with Crippen molar-refractivity contribution in [2.45, 2.75) is 20.3 Å². The van der Waals surface area contributed by atoms with Gasteiger partial charge in [0, 0.05) is 0 Å². The summed E-state index contributed by atoms with van der Waals surface area (Å²) >= 11 is 0. The van der Waals surface area contributed by atoms with Gasteiger partial charge in [-0.3, -0.25) is 0 Å². The molecule has 76 valence electrons. The Morgan fingerprint density at radius 2 is 2.21 bits per heavy atom. The van der Waals surface area contributed by atoms with Gasteiger partial charge in [-0.25, -0.2) is 0 Å². The third-order valence-electron chi connectivity index (χ3n) is 2.28. The second-order valence-electron chi connectivity index (χ2n) is 3.05. The van der Waals surface area contributed by atoms with Gasteiger partial charge in [-0.15, -0.1) is 0 Å². The number of aromatic hydroxyl groups is 1. The summed E-state index contributed by atoms with van der Waals surface area (Å²) < 4.78 is 4.98. The molecular weight excluding hydrogens is 176 g/mol. The van der Waals surface area contributed by atoms with E-state index in [1.165, 1.54) is 5.57 Å². The predicted octanol–water partition coefficient (Wildman–Crippen LogP) is 3.21. The fourth-order valence-electron chi connectivity index (χ4n) is 1.46. The highest BCUT2D eigenvalue weighted by atomic mass is 16.5. The lowest BCUT2D eigenvalue weighted by atomic mass is 10.0. The second kappa shape index (κ2) is 4.70. The highest BCUT2D eigenvalue weighted by Crippen LogP contribution is 2.30. The van der Waals surface area contributed by atoms with E-state index in [1.807, 2.05) is 13.0 Å². The average Bonchev–Trinajstić information content (AvgIpc) is 2.20. The Morgan fingerprint density at radius 3 is 2.64 bits per heavy atom. The van der Waals surface area contributed by atoms with Crippen LogP contribution in [0.2, 0.25) is 0 Å². The fourth-order valence-corrected chi connectivity index (χ4v) is 1.46. The van der Waals surface area contributed by atoms with Crippen molar-refractivity contribution in [3.05, 3.63) is 29.8 Å². The van der Waals surface area contributed by atoms with Crippen molar-refractivity contribution in [1.82, 2.24) is 0 Å². The number of phenols is 1. The molecule has 0 unspecified atom stereocenters. The standard InChI is InChI=1S/C12H16O2/c1-4-9(5-2)10-6-7-12(14-3)11(13)8-10/h4,6-8,13H,5H2,1-3H3/b9-4-. The van der Waals surface area contributed by atoms with Crippen LogP contribution in [0.25, 0.3) is 5.57 Å². The molecule has 0 amide bonds. The van der Waals surface area contributed by atoms with Crippen LogP contribution in [0.4, 0.5) is 0 Å². The van der Waals surface area contributed by atoms with Crippen molar-refractivity contribution in [2.24, 2.45) is 0 Å². The van der Waals surface area contributed by atoms with Gasteiger partial charge >= 0.3 is 0 Å². The lowest BCUT2D eigenvalue weighted by Gasteiger charge is -2.07. The summed E-state index contributed by atoms with van der Waals surface area (Å²) in [5, 5.41) is 9.58. The first kappa shape index (κ1) is 10.6. The topological polar surface area (TPSA) is 29.5 Å². The van der Waals surface area contributed by atoms with Crippen molar-refractivity contribution < 1.29 is 9.84 Å². The van der Waals surface area contributed by atoms with Crippen molar-refractivity contribution in [3.8, 4) is 11.5 Å². The van der Waals surface area contributed by atoms with Crippen LogP contribution in [0.5, 0.6) is 11.5 Å². The highest BCUT2D eigenvalue weighted by molar-refractivity contribution is 5.67. The van der Waals surface area contributed by atoms with E-state index in [0.29, 0.717) is 5.75 Å². The molecule has 0 saturated carbocycles. The molecule has 1 N–H and O–H groups in total. The Hall–Kier alpha value is -1.44. The molecule has 0 atom stereocenters. The summed E-state index contributed by atoms with van der Waals surface area (Å²) in [5.41, 5.74) is 2.27. The molecule has 1 aromatic carbocycles. The molecule has 0 radical (unpaired) electrons. The first-order valence-corrected chi connectivity index (χ1v) is 4.75. The Morgan fingerprint density at radius 1 is 1.50 bits per heavy atom. The molecule has 0 aliphatic carbocycles. The van der Waals surface area contributed by atoms with Crippen LogP contribution < -0.4 is 4.74 Å².